The lowest BCUT2D eigenvalue weighted by Crippen LogP contribution is -2.15. The number of hydrogen-bond acceptors (Lipinski definition) is 15. The Morgan fingerprint density at radius 2 is 1.00 bits per heavy atom. The number of rotatable bonds is 18. The van der Waals surface area contributed by atoms with E-state index in [1.165, 1.54) is 72.7 Å². The van der Waals surface area contributed by atoms with Crippen molar-refractivity contribution < 1.29 is 41.5 Å². The number of ether oxygens (including phenoxy) is 3. The maximum absolute atomic E-state index is 13.1. The van der Waals surface area contributed by atoms with Gasteiger partial charge in [0.1, 0.15) is 50.9 Å². The largest absolute Gasteiger partial charge is 0.497 e. The Kier molecular flexibility index (Phi) is 35.1. The van der Waals surface area contributed by atoms with Gasteiger partial charge in [0, 0.05) is 112 Å². The second kappa shape index (κ2) is 47.2. The van der Waals surface area contributed by atoms with Gasteiger partial charge in [-0.05, 0) is 275 Å². The van der Waals surface area contributed by atoms with Gasteiger partial charge in [-0.25, -0.2) is 23.4 Å². The molecule has 138 heavy (non-hydrogen) atoms. The standard InChI is InChI=1S/C20H21NO3.C18H16ClFN2.C17H19NOS.C17H16OS.C16H18ClNO.C16H14FNO.C12H12ClNS/c1-13(2)20-18(14-5-9-16(22-3)10-6-14)19(21-24-20)15-7-11-17(23-4)12-8-15;1-12(2)18-17(13-3-5-14(19)6-4-13)11-22(21-18)16-9-7-15(20)8-10-16;1-11(2)12-5-8-16-15(9-12)18(3)14-7-6-13(19-4)10-17(14)20-16;1-11(2)12-7-8-16-13(9-12)10-15(18)14-5-3-4-6-17(14)19-16;1-10(2)14-9-11(3)15(18(14)4)16(19)12-5-7-13(17)8-6-12;1-10(2)12-5-8-15-14(9-12)18-16(19-15)11-3-6-13(17)7-4-11;1-8(2)11-7-15-12(14-11)9-3-5-10(13)6-4-9/h5-13H,1-4H3;3-12H,1-2H3;5-11H,1-4H3;3-9,11H,10H2,1-2H3;5-10H,1-4H3;3-10H,1-2H3;3-8H,1-2H3. The quantitative estimate of drug-likeness (QED) is 0.0749. The summed E-state index contributed by atoms with van der Waals surface area (Å²) in [5, 5.41) is 14.3. The average Bonchev–Trinajstić information content (AvgIpc) is 1.51. The predicted molar refractivity (Wildman–Crippen MR) is 567 cm³/mol. The van der Waals surface area contributed by atoms with Crippen molar-refractivity contribution in [3.8, 4) is 78.5 Å². The molecule has 2 aliphatic heterocycles. The number of aromatic nitrogens is 6. The topological polar surface area (TPSA) is 153 Å². The number of ketones is 2. The summed E-state index contributed by atoms with van der Waals surface area (Å²) in [6, 6.07) is 86.4. The van der Waals surface area contributed by atoms with Crippen molar-refractivity contribution in [1.82, 2.24) is 29.5 Å². The molecule has 22 heteroatoms. The molecule has 0 radical (unpaired) electrons. The van der Waals surface area contributed by atoms with E-state index in [0.29, 0.717) is 57.5 Å². The molecule has 0 N–H and O–H groups in total. The van der Waals surface area contributed by atoms with E-state index in [1.807, 2.05) is 182 Å². The molecular weight excluding hydrogens is 1840 g/mol. The van der Waals surface area contributed by atoms with Gasteiger partial charge in [-0.2, -0.15) is 5.10 Å². The lowest BCUT2D eigenvalue weighted by molar-refractivity contribution is 0.0988. The van der Waals surface area contributed by atoms with E-state index < -0.39 is 0 Å². The van der Waals surface area contributed by atoms with E-state index in [4.69, 9.17) is 58.0 Å². The molecule has 19 rings (SSSR count). The minimum atomic E-state index is -0.262. The molecule has 0 unspecified atom stereocenters. The van der Waals surface area contributed by atoms with Crippen molar-refractivity contribution in [2.24, 2.45) is 7.05 Å². The number of benzene rings is 12. The monoisotopic (exact) mass is 1960 g/mol. The third-order valence-electron chi connectivity index (χ3n) is 23.5. The van der Waals surface area contributed by atoms with Crippen molar-refractivity contribution >= 4 is 104 Å². The minimum Gasteiger partial charge on any atom is -0.497 e. The number of hydrogen-bond donors (Lipinski definition) is 0. The molecule has 2 aliphatic rings. The Labute approximate surface area is 837 Å². The average molecular weight is 1960 g/mol. The lowest BCUT2D eigenvalue weighted by atomic mass is 9.95. The fourth-order valence-corrected chi connectivity index (χ4v) is 19.2. The van der Waals surface area contributed by atoms with Gasteiger partial charge in [-0.1, -0.05) is 239 Å². The first-order chi connectivity index (χ1) is 66.1. The Morgan fingerprint density at radius 1 is 0.471 bits per heavy atom. The van der Waals surface area contributed by atoms with Crippen LogP contribution in [-0.4, -0.2) is 69.4 Å². The van der Waals surface area contributed by atoms with Crippen LogP contribution in [0.3, 0.4) is 0 Å². The minimum absolute atomic E-state index is 0.0450. The van der Waals surface area contributed by atoms with E-state index in [0.717, 1.165) is 133 Å². The highest BCUT2D eigenvalue weighted by molar-refractivity contribution is 8.00. The number of oxazole rings is 1. The first-order valence-corrected chi connectivity index (χ1v) is 49.7. The van der Waals surface area contributed by atoms with Crippen LogP contribution >= 0.6 is 69.7 Å². The summed E-state index contributed by atoms with van der Waals surface area (Å²) in [6.45, 7) is 32.1. The van der Waals surface area contributed by atoms with Gasteiger partial charge in [0.25, 0.3) is 0 Å². The Hall–Kier alpha value is -12.6. The highest BCUT2D eigenvalue weighted by Crippen LogP contribution is 2.50. The van der Waals surface area contributed by atoms with E-state index in [1.54, 1.807) is 97.6 Å². The van der Waals surface area contributed by atoms with Crippen LogP contribution in [0.25, 0.3) is 72.3 Å². The van der Waals surface area contributed by atoms with Crippen molar-refractivity contribution in [1.29, 1.82) is 0 Å². The number of methoxy groups -OCH3 is 3. The third kappa shape index (κ3) is 25.7. The number of fused-ring (bicyclic) bond motifs is 5. The fourth-order valence-electron chi connectivity index (χ4n) is 15.6. The van der Waals surface area contributed by atoms with Gasteiger partial charge >= 0.3 is 0 Å². The maximum Gasteiger partial charge on any atom is 0.227 e. The van der Waals surface area contributed by atoms with Crippen LogP contribution in [0.1, 0.15) is 215 Å². The Morgan fingerprint density at radius 3 is 1.57 bits per heavy atom. The second-order valence-electron chi connectivity index (χ2n) is 35.8. The van der Waals surface area contributed by atoms with E-state index >= 15 is 0 Å². The molecule has 710 valence electrons. The molecule has 0 aliphatic carbocycles. The molecule has 0 fully saturated rings. The van der Waals surface area contributed by atoms with E-state index in [2.05, 4.69) is 189 Å². The van der Waals surface area contributed by atoms with E-state index in [-0.39, 0.29) is 35.0 Å². The number of carbonyl (C=O) groups excluding carboxylic acids is 2. The molecule has 17 aromatic rings. The molecule has 14 nitrogen and oxygen atoms in total. The second-order valence-corrected chi connectivity index (χ2v) is 40.1. The number of anilines is 2. The molecule has 5 aromatic heterocycles. The summed E-state index contributed by atoms with van der Waals surface area (Å²) >= 11 is 22.9. The first-order valence-electron chi connectivity index (χ1n) is 46.0. The van der Waals surface area contributed by atoms with Crippen molar-refractivity contribution in [2.45, 2.75) is 171 Å². The van der Waals surface area contributed by atoms with Crippen LogP contribution in [-0.2, 0) is 13.5 Å². The smallest absolute Gasteiger partial charge is 0.227 e. The highest BCUT2D eigenvalue weighted by Gasteiger charge is 2.27. The van der Waals surface area contributed by atoms with Gasteiger partial charge in [0.15, 0.2) is 11.4 Å². The number of carbonyl (C=O) groups is 2. The molecule has 0 saturated heterocycles. The fraction of sp³-hybridized carbons (Fsp3) is 0.241. The van der Waals surface area contributed by atoms with Crippen LogP contribution in [0.4, 0.5) is 20.2 Å². The molecular formula is C116H116Cl3F2N7O7S3. The summed E-state index contributed by atoms with van der Waals surface area (Å²) in [7, 11) is 9.11. The molecule has 0 atom stereocenters. The summed E-state index contributed by atoms with van der Waals surface area (Å²) in [5.74, 6) is 6.62. The lowest BCUT2D eigenvalue weighted by Gasteiger charge is -2.30. The Bertz CT molecular complexity index is 6990. The van der Waals surface area contributed by atoms with Crippen molar-refractivity contribution in [3.63, 3.8) is 0 Å². The third-order valence-corrected chi connectivity index (χ3v) is 27.5. The molecule has 12 aromatic carbocycles. The van der Waals surface area contributed by atoms with Crippen LogP contribution in [0.5, 0.6) is 17.2 Å². The zero-order chi connectivity index (χ0) is 98.9. The van der Waals surface area contributed by atoms with Gasteiger partial charge < -0.3 is 32.6 Å². The van der Waals surface area contributed by atoms with Gasteiger partial charge in [-0.15, -0.1) is 11.3 Å². The van der Waals surface area contributed by atoms with Crippen LogP contribution in [0, 0.1) is 18.6 Å². The zero-order valence-electron chi connectivity index (χ0n) is 81.5. The highest BCUT2D eigenvalue weighted by atomic mass is 35.5. The summed E-state index contributed by atoms with van der Waals surface area (Å²) < 4.78 is 56.9. The number of halogens is 5. The normalized spacial score (nSPS) is 11.8. The first kappa shape index (κ1) is 103. The predicted octanol–water partition coefficient (Wildman–Crippen LogP) is 34.0. The van der Waals surface area contributed by atoms with Gasteiger partial charge in [-0.3, -0.25) is 9.59 Å². The molecule has 0 saturated carbocycles. The molecule has 7 heterocycles. The number of aryl methyl sites for hydroxylation is 1. The zero-order valence-corrected chi connectivity index (χ0v) is 86.2. The van der Waals surface area contributed by atoms with Gasteiger partial charge in [0.05, 0.1) is 61.0 Å². The van der Waals surface area contributed by atoms with Crippen molar-refractivity contribution in [2.75, 3.05) is 33.3 Å². The van der Waals surface area contributed by atoms with Crippen LogP contribution in [0.2, 0.25) is 15.1 Å². The molecule has 0 spiro atoms. The number of thiazole rings is 1. The maximum atomic E-state index is 13.1. The number of Topliss-reactive ketones (excluding diaryl/α,β-unsaturated/α-hetero) is 1. The molecule has 0 amide bonds. The van der Waals surface area contributed by atoms with Crippen LogP contribution < -0.4 is 19.1 Å². The summed E-state index contributed by atoms with van der Waals surface area (Å²) in [6.07, 6.45) is 2.49. The van der Waals surface area contributed by atoms with E-state index in [9.17, 15) is 18.4 Å². The Balaban J connectivity index is 0.000000136. The van der Waals surface area contributed by atoms with Gasteiger partial charge in [0.2, 0.25) is 11.7 Å². The summed E-state index contributed by atoms with van der Waals surface area (Å²) in [5.41, 5.74) is 24.7. The summed E-state index contributed by atoms with van der Waals surface area (Å²) in [4.78, 5) is 41.1. The van der Waals surface area contributed by atoms with Crippen LogP contribution in [0.15, 0.2) is 313 Å². The number of nitrogens with zero attached hydrogens (tertiary/aromatic N) is 7. The van der Waals surface area contributed by atoms with Crippen molar-refractivity contribution in [3.05, 3.63) is 379 Å². The SMILES string of the molecule is CC(C)c1ccc2c(c1)CC(=O)c1ccccc1S2.CC(C)c1ccc2oc(-c3ccc(F)cc3)nc2c1.CC(C)c1csc(-c2ccc(Cl)cc2)n1.CC(C)c1nn(-c2ccc(F)cc2)cc1-c1ccc(Cl)cc1.COc1ccc(-c2noc(C(C)C)c2-c2ccc(OC)cc2)cc1.COc1ccc2c(c1)Sc1ccc(C(C)C)cc1N2C.Cc1cc(C(C)C)n(C)c1C(=O)c1ccc(Cl)cc1. The molecule has 0 bridgehead atoms.